The molecule has 0 saturated heterocycles. The molecule has 0 aliphatic rings. The third kappa shape index (κ3) is 3.33. The van der Waals surface area contributed by atoms with Crippen LogP contribution in [0, 0.1) is 5.41 Å². The summed E-state index contributed by atoms with van der Waals surface area (Å²) < 4.78 is 0. The smallest absolute Gasteiger partial charge is 0.229 e. The van der Waals surface area contributed by atoms with Crippen LogP contribution in [0.3, 0.4) is 0 Å². The molecule has 0 saturated carbocycles. The fourth-order valence-corrected chi connectivity index (χ4v) is 2.87. The van der Waals surface area contributed by atoms with Crippen LogP contribution in [0.1, 0.15) is 31.6 Å². The summed E-state index contributed by atoms with van der Waals surface area (Å²) in [6, 6.07) is 4.16. The van der Waals surface area contributed by atoms with Crippen LogP contribution < -0.4 is 5.73 Å². The fraction of sp³-hybridized carbons (Fsp3) is 0.643. The van der Waals surface area contributed by atoms with Crippen LogP contribution in [0.5, 0.6) is 0 Å². The van der Waals surface area contributed by atoms with E-state index in [1.54, 1.807) is 11.3 Å². The van der Waals surface area contributed by atoms with E-state index in [2.05, 4.69) is 11.4 Å². The molecule has 3 nitrogen and oxygen atoms in total. The Labute approximate surface area is 114 Å². The first-order valence-corrected chi connectivity index (χ1v) is 7.45. The van der Waals surface area contributed by atoms with Gasteiger partial charge in [0.2, 0.25) is 5.91 Å². The van der Waals surface area contributed by atoms with Gasteiger partial charge in [0, 0.05) is 25.0 Å². The molecule has 0 atom stereocenters. The van der Waals surface area contributed by atoms with Crippen LogP contribution >= 0.6 is 11.3 Å². The van der Waals surface area contributed by atoms with Gasteiger partial charge in [-0.1, -0.05) is 19.9 Å². The molecule has 2 N–H and O–H groups in total. The zero-order chi connectivity index (χ0) is 13.6. The van der Waals surface area contributed by atoms with Crippen LogP contribution in [0.25, 0.3) is 0 Å². The van der Waals surface area contributed by atoms with Gasteiger partial charge >= 0.3 is 0 Å². The summed E-state index contributed by atoms with van der Waals surface area (Å²) >= 11 is 1.74. The van der Waals surface area contributed by atoms with Crippen molar-refractivity contribution in [3.63, 3.8) is 0 Å². The largest absolute Gasteiger partial charge is 0.345 e. The monoisotopic (exact) mass is 268 g/mol. The van der Waals surface area contributed by atoms with Gasteiger partial charge in [0.05, 0.1) is 5.41 Å². The second-order valence-corrected chi connectivity index (χ2v) is 5.78. The SMILES string of the molecule is CCC(CC)(CN)C(=O)N(C)CCc1cccs1. The highest BCUT2D eigenvalue weighted by molar-refractivity contribution is 7.09. The first-order chi connectivity index (χ1) is 8.59. The average Bonchev–Trinajstić information content (AvgIpc) is 2.91. The number of nitrogens with two attached hydrogens (primary N) is 1. The van der Waals surface area contributed by atoms with E-state index in [0.717, 1.165) is 25.8 Å². The van der Waals surface area contributed by atoms with E-state index in [-0.39, 0.29) is 11.3 Å². The molecule has 0 spiro atoms. The van der Waals surface area contributed by atoms with Gasteiger partial charge in [-0.2, -0.15) is 0 Å². The van der Waals surface area contributed by atoms with E-state index in [9.17, 15) is 4.79 Å². The number of carbonyl (C=O) groups excluding carboxylic acids is 1. The molecule has 0 bridgehead atoms. The Balaban J connectivity index is 2.59. The molecule has 0 unspecified atom stereocenters. The van der Waals surface area contributed by atoms with Crippen molar-refractivity contribution in [1.82, 2.24) is 4.90 Å². The number of rotatable bonds is 7. The molecule has 1 rings (SSSR count). The summed E-state index contributed by atoms with van der Waals surface area (Å²) in [4.78, 5) is 15.6. The van der Waals surface area contributed by atoms with Crippen molar-refractivity contribution in [2.75, 3.05) is 20.1 Å². The Morgan fingerprint density at radius 3 is 2.56 bits per heavy atom. The summed E-state index contributed by atoms with van der Waals surface area (Å²) in [5.41, 5.74) is 5.44. The van der Waals surface area contributed by atoms with E-state index in [4.69, 9.17) is 5.73 Å². The minimum Gasteiger partial charge on any atom is -0.345 e. The molecule has 102 valence electrons. The van der Waals surface area contributed by atoms with E-state index in [1.165, 1.54) is 4.88 Å². The summed E-state index contributed by atoms with van der Waals surface area (Å²) in [6.07, 6.45) is 2.54. The van der Waals surface area contributed by atoms with E-state index in [0.29, 0.717) is 6.54 Å². The number of nitrogens with zero attached hydrogens (tertiary/aromatic N) is 1. The van der Waals surface area contributed by atoms with Crippen molar-refractivity contribution < 1.29 is 4.79 Å². The second kappa shape index (κ2) is 6.90. The maximum atomic E-state index is 12.5. The Kier molecular flexibility index (Phi) is 5.82. The van der Waals surface area contributed by atoms with Gasteiger partial charge in [-0.15, -0.1) is 11.3 Å². The van der Waals surface area contributed by atoms with Crippen molar-refractivity contribution in [2.45, 2.75) is 33.1 Å². The predicted octanol–water partition coefficient (Wildman–Crippen LogP) is 2.51. The molecular formula is C14H24N2OS. The van der Waals surface area contributed by atoms with Crippen molar-refractivity contribution in [2.24, 2.45) is 11.1 Å². The van der Waals surface area contributed by atoms with Crippen LogP contribution in [-0.2, 0) is 11.2 Å². The molecule has 1 heterocycles. The van der Waals surface area contributed by atoms with Crippen molar-refractivity contribution in [3.05, 3.63) is 22.4 Å². The molecule has 0 aliphatic heterocycles. The zero-order valence-corrected chi connectivity index (χ0v) is 12.4. The van der Waals surface area contributed by atoms with Crippen LogP contribution in [0.15, 0.2) is 17.5 Å². The van der Waals surface area contributed by atoms with Gasteiger partial charge in [-0.3, -0.25) is 4.79 Å². The number of thiophene rings is 1. The third-order valence-corrected chi connectivity index (χ3v) is 4.75. The minimum absolute atomic E-state index is 0.187. The normalized spacial score (nSPS) is 11.6. The minimum atomic E-state index is -0.371. The van der Waals surface area contributed by atoms with Crippen LogP contribution in [0.2, 0.25) is 0 Å². The van der Waals surface area contributed by atoms with Gasteiger partial charge in [0.15, 0.2) is 0 Å². The van der Waals surface area contributed by atoms with Crippen molar-refractivity contribution >= 4 is 17.2 Å². The first-order valence-electron chi connectivity index (χ1n) is 6.57. The number of carbonyl (C=O) groups is 1. The number of likely N-dealkylation sites (N-methyl/N-ethyl adjacent to an activating group) is 1. The summed E-state index contributed by atoms with van der Waals surface area (Å²) in [7, 11) is 1.88. The highest BCUT2D eigenvalue weighted by atomic mass is 32.1. The molecule has 1 aromatic rings. The highest BCUT2D eigenvalue weighted by Crippen LogP contribution is 2.27. The lowest BCUT2D eigenvalue weighted by molar-refractivity contribution is -0.140. The maximum absolute atomic E-state index is 12.5. The molecule has 4 heteroatoms. The molecule has 0 aromatic carbocycles. The lowest BCUT2D eigenvalue weighted by Gasteiger charge is -2.33. The Morgan fingerprint density at radius 1 is 1.44 bits per heavy atom. The van der Waals surface area contributed by atoms with Gasteiger partial charge in [0.1, 0.15) is 0 Å². The molecule has 1 aromatic heterocycles. The van der Waals surface area contributed by atoms with E-state index >= 15 is 0 Å². The third-order valence-electron chi connectivity index (χ3n) is 3.82. The zero-order valence-electron chi connectivity index (χ0n) is 11.6. The van der Waals surface area contributed by atoms with Crippen LogP contribution in [-0.4, -0.2) is 30.9 Å². The predicted molar refractivity (Wildman–Crippen MR) is 77.7 cm³/mol. The van der Waals surface area contributed by atoms with Crippen molar-refractivity contribution in [3.8, 4) is 0 Å². The quantitative estimate of drug-likeness (QED) is 0.826. The first kappa shape index (κ1) is 15.2. The van der Waals surface area contributed by atoms with Gasteiger partial charge < -0.3 is 10.6 Å². The lowest BCUT2D eigenvalue weighted by atomic mass is 9.81. The Morgan fingerprint density at radius 2 is 2.11 bits per heavy atom. The van der Waals surface area contributed by atoms with Gasteiger partial charge in [-0.25, -0.2) is 0 Å². The van der Waals surface area contributed by atoms with E-state index < -0.39 is 0 Å². The fourth-order valence-electron chi connectivity index (χ4n) is 2.17. The van der Waals surface area contributed by atoms with Crippen LogP contribution in [0.4, 0.5) is 0 Å². The molecule has 0 fully saturated rings. The Hall–Kier alpha value is -0.870. The summed E-state index contributed by atoms with van der Waals surface area (Å²) in [6.45, 7) is 5.28. The number of amides is 1. The number of hydrogen-bond acceptors (Lipinski definition) is 3. The highest BCUT2D eigenvalue weighted by Gasteiger charge is 2.35. The molecule has 0 aliphatic carbocycles. The topological polar surface area (TPSA) is 46.3 Å². The van der Waals surface area contributed by atoms with Gasteiger partial charge in [-0.05, 0) is 30.7 Å². The molecular weight excluding hydrogens is 244 g/mol. The molecule has 0 radical (unpaired) electrons. The van der Waals surface area contributed by atoms with Gasteiger partial charge in [0.25, 0.3) is 0 Å². The number of hydrogen-bond donors (Lipinski definition) is 1. The van der Waals surface area contributed by atoms with E-state index in [1.807, 2.05) is 31.9 Å². The molecule has 1 amide bonds. The second-order valence-electron chi connectivity index (χ2n) is 4.75. The van der Waals surface area contributed by atoms with Crippen molar-refractivity contribution in [1.29, 1.82) is 0 Å². The lowest BCUT2D eigenvalue weighted by Crippen LogP contribution is -2.46. The standard InChI is InChI=1S/C14H24N2OS/c1-4-14(5-2,11-15)13(17)16(3)9-8-12-7-6-10-18-12/h6-7,10H,4-5,8-9,11,15H2,1-3H3. The Bertz CT molecular complexity index is 350. The molecule has 18 heavy (non-hydrogen) atoms. The average molecular weight is 268 g/mol. The summed E-state index contributed by atoms with van der Waals surface area (Å²) in [5, 5.41) is 2.07. The summed E-state index contributed by atoms with van der Waals surface area (Å²) in [5.74, 6) is 0.187. The maximum Gasteiger partial charge on any atom is 0.229 e.